The Kier molecular flexibility index (Phi) is 3.64. The SMILES string of the molecule is COc1ccc2c(c1)CC(C)N(C(=O)c1cc(C)no1)C2C. The first-order chi connectivity index (χ1) is 10.5. The summed E-state index contributed by atoms with van der Waals surface area (Å²) in [4.78, 5) is 14.6. The molecule has 1 aliphatic rings. The molecule has 2 aromatic rings. The summed E-state index contributed by atoms with van der Waals surface area (Å²) in [5, 5.41) is 3.81. The first-order valence-electron chi connectivity index (χ1n) is 7.44. The number of rotatable bonds is 2. The van der Waals surface area contributed by atoms with E-state index in [1.165, 1.54) is 5.56 Å². The third-order valence-corrected chi connectivity index (χ3v) is 4.28. The Morgan fingerprint density at radius 2 is 2.14 bits per heavy atom. The monoisotopic (exact) mass is 300 g/mol. The van der Waals surface area contributed by atoms with E-state index in [2.05, 4.69) is 18.1 Å². The zero-order chi connectivity index (χ0) is 15.9. The Morgan fingerprint density at radius 1 is 1.36 bits per heavy atom. The van der Waals surface area contributed by atoms with Gasteiger partial charge in [0.15, 0.2) is 0 Å². The Labute approximate surface area is 129 Å². The number of carbonyl (C=O) groups is 1. The largest absolute Gasteiger partial charge is 0.497 e. The number of ether oxygens (including phenoxy) is 1. The Morgan fingerprint density at radius 3 is 2.77 bits per heavy atom. The van der Waals surface area contributed by atoms with E-state index in [0.717, 1.165) is 17.7 Å². The van der Waals surface area contributed by atoms with Crippen molar-refractivity contribution >= 4 is 5.91 Å². The molecule has 116 valence electrons. The van der Waals surface area contributed by atoms with E-state index in [1.54, 1.807) is 13.2 Å². The van der Waals surface area contributed by atoms with Crippen molar-refractivity contribution in [3.05, 3.63) is 46.8 Å². The van der Waals surface area contributed by atoms with Gasteiger partial charge in [-0.05, 0) is 50.5 Å². The van der Waals surface area contributed by atoms with Gasteiger partial charge < -0.3 is 14.2 Å². The van der Waals surface area contributed by atoms with Crippen molar-refractivity contribution in [3.8, 4) is 5.75 Å². The Hall–Kier alpha value is -2.30. The van der Waals surface area contributed by atoms with Gasteiger partial charge in [-0.3, -0.25) is 4.79 Å². The summed E-state index contributed by atoms with van der Waals surface area (Å²) in [6.45, 7) is 5.91. The molecule has 0 spiro atoms. The van der Waals surface area contributed by atoms with E-state index in [4.69, 9.17) is 9.26 Å². The summed E-state index contributed by atoms with van der Waals surface area (Å²) in [7, 11) is 1.67. The minimum absolute atomic E-state index is 0.0115. The van der Waals surface area contributed by atoms with E-state index in [0.29, 0.717) is 11.5 Å². The van der Waals surface area contributed by atoms with E-state index < -0.39 is 0 Å². The summed E-state index contributed by atoms with van der Waals surface area (Å²) in [5.41, 5.74) is 3.10. The highest BCUT2D eigenvalue weighted by Crippen LogP contribution is 2.35. The van der Waals surface area contributed by atoms with Crippen molar-refractivity contribution < 1.29 is 14.1 Å². The van der Waals surface area contributed by atoms with Crippen molar-refractivity contribution in [2.24, 2.45) is 0 Å². The van der Waals surface area contributed by atoms with E-state index >= 15 is 0 Å². The highest BCUT2D eigenvalue weighted by Gasteiger charge is 2.34. The molecule has 0 radical (unpaired) electrons. The molecule has 5 nitrogen and oxygen atoms in total. The molecule has 0 fully saturated rings. The summed E-state index contributed by atoms with van der Waals surface area (Å²) < 4.78 is 10.4. The lowest BCUT2D eigenvalue weighted by Gasteiger charge is -2.39. The zero-order valence-electron chi connectivity index (χ0n) is 13.3. The van der Waals surface area contributed by atoms with Gasteiger partial charge in [0.1, 0.15) is 5.75 Å². The average molecular weight is 300 g/mol. The van der Waals surface area contributed by atoms with Gasteiger partial charge in [0.05, 0.1) is 18.8 Å². The smallest absolute Gasteiger partial charge is 0.293 e. The van der Waals surface area contributed by atoms with Crippen LogP contribution in [0.2, 0.25) is 0 Å². The summed E-state index contributed by atoms with van der Waals surface area (Å²) in [6, 6.07) is 7.80. The fraction of sp³-hybridized carbons (Fsp3) is 0.412. The number of carbonyl (C=O) groups excluding carboxylic acids is 1. The van der Waals surface area contributed by atoms with Crippen LogP contribution in [0, 0.1) is 6.92 Å². The predicted molar refractivity (Wildman–Crippen MR) is 82.0 cm³/mol. The second-order valence-electron chi connectivity index (χ2n) is 5.84. The number of aryl methyl sites for hydroxylation is 1. The molecule has 2 atom stereocenters. The van der Waals surface area contributed by atoms with Crippen molar-refractivity contribution in [3.63, 3.8) is 0 Å². The number of nitrogens with zero attached hydrogens (tertiary/aromatic N) is 2. The van der Waals surface area contributed by atoms with Crippen molar-refractivity contribution in [2.75, 3.05) is 7.11 Å². The van der Waals surface area contributed by atoms with Crippen LogP contribution in [0.3, 0.4) is 0 Å². The van der Waals surface area contributed by atoms with Gasteiger partial charge in [-0.1, -0.05) is 11.2 Å². The van der Waals surface area contributed by atoms with E-state index in [9.17, 15) is 4.79 Å². The van der Waals surface area contributed by atoms with Gasteiger partial charge in [0, 0.05) is 12.1 Å². The maximum atomic E-state index is 12.7. The fourth-order valence-corrected chi connectivity index (χ4v) is 3.21. The van der Waals surface area contributed by atoms with Gasteiger partial charge in [-0.25, -0.2) is 0 Å². The van der Waals surface area contributed by atoms with Gasteiger partial charge >= 0.3 is 0 Å². The van der Waals surface area contributed by atoms with Crippen LogP contribution in [0.4, 0.5) is 0 Å². The highest BCUT2D eigenvalue weighted by atomic mass is 16.5. The summed E-state index contributed by atoms with van der Waals surface area (Å²) in [6.07, 6.45) is 0.801. The molecule has 0 saturated heterocycles. The normalized spacial score (nSPS) is 20.6. The number of aromatic nitrogens is 1. The first kappa shape index (κ1) is 14.6. The molecule has 0 N–H and O–H groups in total. The van der Waals surface area contributed by atoms with Gasteiger partial charge in [0.2, 0.25) is 5.76 Å². The van der Waals surface area contributed by atoms with Crippen LogP contribution in [0.1, 0.15) is 47.3 Å². The number of hydrogen-bond donors (Lipinski definition) is 0. The second kappa shape index (κ2) is 5.48. The van der Waals surface area contributed by atoms with Crippen LogP contribution < -0.4 is 4.74 Å². The zero-order valence-corrected chi connectivity index (χ0v) is 13.3. The lowest BCUT2D eigenvalue weighted by atomic mass is 9.89. The topological polar surface area (TPSA) is 55.6 Å². The molecular weight excluding hydrogens is 280 g/mol. The quantitative estimate of drug-likeness (QED) is 0.855. The molecule has 0 saturated carbocycles. The van der Waals surface area contributed by atoms with Crippen molar-refractivity contribution in [2.45, 2.75) is 39.3 Å². The molecular formula is C17H20N2O3. The number of benzene rings is 1. The lowest BCUT2D eigenvalue weighted by molar-refractivity contribution is 0.0537. The molecule has 22 heavy (non-hydrogen) atoms. The molecule has 0 aliphatic carbocycles. The van der Waals surface area contributed by atoms with Crippen LogP contribution in [0.25, 0.3) is 0 Å². The number of fused-ring (bicyclic) bond motifs is 1. The standard InChI is InChI=1S/C17H20N2O3/c1-10-7-16(22-18-10)17(20)19-11(2)8-13-9-14(21-4)5-6-15(13)12(19)3/h5-7,9,11-12H,8H2,1-4H3. The van der Waals surface area contributed by atoms with Gasteiger partial charge in [-0.15, -0.1) is 0 Å². The number of amides is 1. The van der Waals surface area contributed by atoms with Crippen LogP contribution in [0.5, 0.6) is 5.75 Å². The van der Waals surface area contributed by atoms with E-state index in [-0.39, 0.29) is 18.0 Å². The fourth-order valence-electron chi connectivity index (χ4n) is 3.21. The third-order valence-electron chi connectivity index (χ3n) is 4.28. The molecule has 1 aromatic carbocycles. The van der Waals surface area contributed by atoms with Crippen LogP contribution in [-0.2, 0) is 6.42 Å². The molecule has 1 aliphatic heterocycles. The van der Waals surface area contributed by atoms with Crippen LogP contribution >= 0.6 is 0 Å². The Balaban J connectivity index is 1.95. The minimum atomic E-state index is -0.109. The molecule has 5 heteroatoms. The molecule has 1 amide bonds. The van der Waals surface area contributed by atoms with E-state index in [1.807, 2.05) is 30.9 Å². The number of hydrogen-bond acceptors (Lipinski definition) is 4. The van der Waals surface area contributed by atoms with Crippen molar-refractivity contribution in [1.82, 2.24) is 10.1 Å². The maximum Gasteiger partial charge on any atom is 0.293 e. The third kappa shape index (κ3) is 2.36. The molecule has 3 rings (SSSR count). The average Bonchev–Trinajstić information content (AvgIpc) is 2.93. The first-order valence-corrected chi connectivity index (χ1v) is 7.44. The van der Waals surface area contributed by atoms with Crippen molar-refractivity contribution in [1.29, 1.82) is 0 Å². The second-order valence-corrected chi connectivity index (χ2v) is 5.84. The number of methoxy groups -OCH3 is 1. The summed E-state index contributed by atoms with van der Waals surface area (Å²) >= 11 is 0. The highest BCUT2D eigenvalue weighted by molar-refractivity contribution is 5.92. The molecule has 2 heterocycles. The summed E-state index contributed by atoms with van der Waals surface area (Å²) in [5.74, 6) is 1.04. The van der Waals surface area contributed by atoms with Crippen LogP contribution in [0.15, 0.2) is 28.8 Å². The van der Waals surface area contributed by atoms with Gasteiger partial charge in [-0.2, -0.15) is 0 Å². The van der Waals surface area contributed by atoms with Crippen LogP contribution in [-0.4, -0.2) is 29.1 Å². The Bertz CT molecular complexity index is 708. The molecule has 0 bridgehead atoms. The lowest BCUT2D eigenvalue weighted by Crippen LogP contribution is -2.44. The predicted octanol–water partition coefficient (Wildman–Crippen LogP) is 3.14. The molecule has 2 unspecified atom stereocenters. The maximum absolute atomic E-state index is 12.7. The molecule has 1 aromatic heterocycles. The minimum Gasteiger partial charge on any atom is -0.497 e. The van der Waals surface area contributed by atoms with Gasteiger partial charge in [0.25, 0.3) is 5.91 Å².